The number of rotatable bonds is 8. The fraction of sp³-hybridized carbons (Fsp3) is 0.409. The minimum Gasteiger partial charge on any atom is -0.423 e. The summed E-state index contributed by atoms with van der Waals surface area (Å²) < 4.78 is 57.2. The van der Waals surface area contributed by atoms with Gasteiger partial charge in [-0.25, -0.2) is 4.79 Å². The van der Waals surface area contributed by atoms with Gasteiger partial charge in [-0.1, -0.05) is 38.3 Å². The van der Waals surface area contributed by atoms with Crippen molar-refractivity contribution in [1.82, 2.24) is 0 Å². The van der Waals surface area contributed by atoms with Crippen molar-refractivity contribution < 1.29 is 36.7 Å². The average Bonchev–Trinajstić information content (AvgIpc) is 2.75. The summed E-state index contributed by atoms with van der Waals surface area (Å²) in [4.78, 5) is 12.3. The summed E-state index contributed by atoms with van der Waals surface area (Å²) in [6.45, 7) is 3.46. The van der Waals surface area contributed by atoms with Crippen molar-refractivity contribution in [2.24, 2.45) is 5.92 Å². The summed E-state index contributed by atoms with van der Waals surface area (Å²) >= 11 is 0. The van der Waals surface area contributed by atoms with Crippen molar-refractivity contribution in [2.75, 3.05) is 13.2 Å². The van der Waals surface area contributed by atoms with Gasteiger partial charge in [-0.05, 0) is 48.3 Å². The minimum atomic E-state index is -4.78. The van der Waals surface area contributed by atoms with Crippen LogP contribution in [0.1, 0.15) is 43.0 Å². The largest absolute Gasteiger partial charge is 0.573 e. The molecule has 1 aliphatic heterocycles. The third kappa shape index (κ3) is 7.29. The number of halogens is 3. The van der Waals surface area contributed by atoms with Gasteiger partial charge in [-0.15, -0.1) is 13.2 Å². The average molecular weight is 436 g/mol. The van der Waals surface area contributed by atoms with Crippen LogP contribution < -0.4 is 14.9 Å². The lowest BCUT2D eigenvalue weighted by molar-refractivity contribution is -0.274. The molecule has 0 bridgehead atoms. The van der Waals surface area contributed by atoms with Crippen molar-refractivity contribution in [3.8, 4) is 11.5 Å². The van der Waals surface area contributed by atoms with Crippen LogP contribution in [0, 0.1) is 5.92 Å². The molecule has 0 aromatic heterocycles. The summed E-state index contributed by atoms with van der Waals surface area (Å²) in [7, 11) is -0.464. The summed E-state index contributed by atoms with van der Waals surface area (Å²) in [5, 5.41) is 0. The minimum absolute atomic E-state index is 0.108. The van der Waals surface area contributed by atoms with E-state index in [-0.39, 0.29) is 5.75 Å². The number of hydrogen-bond donors (Lipinski definition) is 0. The van der Waals surface area contributed by atoms with Crippen LogP contribution in [0.3, 0.4) is 0 Å². The zero-order valence-corrected chi connectivity index (χ0v) is 17.2. The second-order valence-corrected chi connectivity index (χ2v) is 7.39. The Bertz CT molecular complexity index is 832. The maximum absolute atomic E-state index is 12.3. The first-order chi connectivity index (χ1) is 14.8. The van der Waals surface area contributed by atoms with Crippen molar-refractivity contribution >= 4 is 18.6 Å². The molecule has 0 saturated carbocycles. The van der Waals surface area contributed by atoms with Crippen LogP contribution in [-0.2, 0) is 9.31 Å². The third-order valence-corrected chi connectivity index (χ3v) is 4.87. The Hall–Kier alpha value is -2.52. The lowest BCUT2D eigenvalue weighted by atomic mass is 9.77. The van der Waals surface area contributed by atoms with Gasteiger partial charge in [0, 0.05) is 19.1 Å². The summed E-state index contributed by atoms with van der Waals surface area (Å²) in [6.07, 6.45) is -0.115. The molecule has 3 rings (SSSR count). The Kier molecular flexibility index (Phi) is 7.98. The summed E-state index contributed by atoms with van der Waals surface area (Å²) in [5.41, 5.74) is 1.10. The van der Waals surface area contributed by atoms with Gasteiger partial charge in [0.25, 0.3) is 0 Å². The van der Waals surface area contributed by atoms with E-state index in [1.807, 2.05) is 0 Å². The Morgan fingerprint density at radius 1 is 1.00 bits per heavy atom. The fourth-order valence-corrected chi connectivity index (χ4v) is 3.24. The van der Waals surface area contributed by atoms with Crippen molar-refractivity contribution in [3.05, 3.63) is 54.1 Å². The van der Waals surface area contributed by atoms with Gasteiger partial charge < -0.3 is 18.8 Å². The summed E-state index contributed by atoms with van der Waals surface area (Å²) in [5.74, 6) is -0.504. The predicted molar refractivity (Wildman–Crippen MR) is 109 cm³/mol. The molecule has 1 heterocycles. The molecular formula is C22H24BF3O5. The lowest BCUT2D eigenvalue weighted by Crippen LogP contribution is -2.44. The molecule has 0 amide bonds. The molecule has 0 unspecified atom stereocenters. The van der Waals surface area contributed by atoms with Gasteiger partial charge in [-0.2, -0.15) is 0 Å². The first-order valence-electron chi connectivity index (χ1n) is 10.2. The monoisotopic (exact) mass is 436 g/mol. The highest BCUT2D eigenvalue weighted by Crippen LogP contribution is 2.25. The first-order valence-corrected chi connectivity index (χ1v) is 10.2. The van der Waals surface area contributed by atoms with Crippen molar-refractivity contribution in [3.63, 3.8) is 0 Å². The van der Waals surface area contributed by atoms with E-state index < -0.39 is 25.2 Å². The zero-order valence-electron chi connectivity index (χ0n) is 17.2. The Morgan fingerprint density at radius 2 is 1.61 bits per heavy atom. The topological polar surface area (TPSA) is 54.0 Å². The van der Waals surface area contributed by atoms with Gasteiger partial charge in [0.1, 0.15) is 11.5 Å². The molecule has 9 heteroatoms. The number of carbonyl (C=O) groups is 1. The standard InChI is InChI=1S/C22H24BF3O5/c1-2-3-4-5-16-14-28-23(29-15-16)18-8-6-17(7-9-18)21(27)30-19-10-12-20(13-11-19)31-22(24,25)26/h6-13,16H,2-5,14-15H2,1H3. The van der Waals surface area contributed by atoms with Gasteiger partial charge in [-0.3, -0.25) is 0 Å². The zero-order chi connectivity index (χ0) is 22.3. The highest BCUT2D eigenvalue weighted by Gasteiger charge is 2.31. The Balaban J connectivity index is 1.50. The van der Waals surface area contributed by atoms with E-state index >= 15 is 0 Å². The normalized spacial score (nSPS) is 15.0. The molecule has 166 valence electrons. The second-order valence-electron chi connectivity index (χ2n) is 7.39. The second kappa shape index (κ2) is 10.7. The number of unbranched alkanes of at least 4 members (excludes halogenated alkanes) is 2. The maximum Gasteiger partial charge on any atom is 0.573 e. The SMILES string of the molecule is CCCCCC1COB(c2ccc(C(=O)Oc3ccc(OC(F)(F)F)cc3)cc2)OC1. The third-order valence-electron chi connectivity index (χ3n) is 4.87. The summed E-state index contributed by atoms with van der Waals surface area (Å²) in [6, 6.07) is 11.3. The van der Waals surface area contributed by atoms with E-state index in [9.17, 15) is 18.0 Å². The van der Waals surface area contributed by atoms with Crippen LogP contribution in [0.15, 0.2) is 48.5 Å². The van der Waals surface area contributed by atoms with E-state index in [2.05, 4.69) is 11.7 Å². The van der Waals surface area contributed by atoms with Crippen LogP contribution in [0.5, 0.6) is 11.5 Å². The number of carbonyl (C=O) groups excluding carboxylic acids is 1. The van der Waals surface area contributed by atoms with E-state index in [4.69, 9.17) is 14.0 Å². The van der Waals surface area contributed by atoms with E-state index in [1.54, 1.807) is 24.3 Å². The molecule has 0 N–H and O–H groups in total. The van der Waals surface area contributed by atoms with Gasteiger partial charge >= 0.3 is 19.5 Å². The molecule has 1 aliphatic rings. The molecule has 1 saturated heterocycles. The van der Waals surface area contributed by atoms with Gasteiger partial charge in [0.05, 0.1) is 5.56 Å². The molecule has 0 radical (unpaired) electrons. The Morgan fingerprint density at radius 3 is 2.19 bits per heavy atom. The fourth-order valence-electron chi connectivity index (χ4n) is 3.24. The quantitative estimate of drug-likeness (QED) is 0.259. The number of esters is 1. The van der Waals surface area contributed by atoms with E-state index in [0.717, 1.165) is 24.0 Å². The molecular weight excluding hydrogens is 412 g/mol. The van der Waals surface area contributed by atoms with Crippen LogP contribution in [0.4, 0.5) is 13.2 Å². The highest BCUT2D eigenvalue weighted by atomic mass is 19.4. The number of hydrogen-bond acceptors (Lipinski definition) is 5. The lowest BCUT2D eigenvalue weighted by Gasteiger charge is -2.27. The smallest absolute Gasteiger partial charge is 0.423 e. The Labute approximate surface area is 179 Å². The van der Waals surface area contributed by atoms with Crippen molar-refractivity contribution in [1.29, 1.82) is 0 Å². The van der Waals surface area contributed by atoms with Crippen LogP contribution >= 0.6 is 0 Å². The molecule has 1 fully saturated rings. The number of ether oxygens (including phenoxy) is 2. The first kappa shape index (κ1) is 23.2. The molecule has 5 nitrogen and oxygen atoms in total. The molecule has 2 aromatic carbocycles. The number of alkyl halides is 3. The number of benzene rings is 2. The predicted octanol–water partition coefficient (Wildman–Crippen LogP) is 4.74. The van der Waals surface area contributed by atoms with Crippen molar-refractivity contribution in [2.45, 2.75) is 39.0 Å². The van der Waals surface area contributed by atoms with E-state index in [0.29, 0.717) is 24.7 Å². The van der Waals surface area contributed by atoms with Crippen LogP contribution in [0.2, 0.25) is 0 Å². The molecule has 2 aromatic rings. The van der Waals surface area contributed by atoms with Crippen LogP contribution in [0.25, 0.3) is 0 Å². The van der Waals surface area contributed by atoms with E-state index in [1.165, 1.54) is 31.4 Å². The molecule has 31 heavy (non-hydrogen) atoms. The molecule has 0 atom stereocenters. The van der Waals surface area contributed by atoms with Gasteiger partial charge in [0.2, 0.25) is 0 Å². The highest BCUT2D eigenvalue weighted by molar-refractivity contribution is 6.61. The molecule has 0 spiro atoms. The molecule has 0 aliphatic carbocycles. The van der Waals surface area contributed by atoms with Crippen LogP contribution in [-0.4, -0.2) is 32.7 Å². The maximum atomic E-state index is 12.3. The van der Waals surface area contributed by atoms with Gasteiger partial charge in [0.15, 0.2) is 0 Å².